The lowest BCUT2D eigenvalue weighted by molar-refractivity contribution is 0.317. The molecule has 1 heterocycles. The second kappa shape index (κ2) is 4.37. The highest BCUT2D eigenvalue weighted by molar-refractivity contribution is 5.90. The fourth-order valence-electron chi connectivity index (χ4n) is 2.77. The molecule has 1 unspecified atom stereocenters. The number of oxime groups is 1. The van der Waals surface area contributed by atoms with Crippen molar-refractivity contribution in [1.29, 1.82) is 0 Å². The highest BCUT2D eigenvalue weighted by Crippen LogP contribution is 2.37. The molecule has 18 heavy (non-hydrogen) atoms. The normalized spacial score (nSPS) is 21.8. The molecule has 2 N–H and O–H groups in total. The molecule has 3 rings (SSSR count). The van der Waals surface area contributed by atoms with Crippen molar-refractivity contribution in [2.24, 2.45) is 5.16 Å². The number of benzene rings is 1. The first kappa shape index (κ1) is 11.1. The lowest BCUT2D eigenvalue weighted by Crippen LogP contribution is -1.93. The summed E-state index contributed by atoms with van der Waals surface area (Å²) in [5.74, 6) is 1.31. The standard InChI is InChI=1S/C14H16N2O2/c1-18-11-4-5-14-12(7-11)13(8-15-14)9-2-3-10(6-9)16-17/h4-5,7-9,15,17H,2-3,6H2,1H3/b16-10+. The Kier molecular flexibility index (Phi) is 2.70. The van der Waals surface area contributed by atoms with Gasteiger partial charge in [0.05, 0.1) is 12.8 Å². The van der Waals surface area contributed by atoms with Crippen LogP contribution in [0.15, 0.2) is 29.6 Å². The first-order valence-corrected chi connectivity index (χ1v) is 6.16. The van der Waals surface area contributed by atoms with Crippen LogP contribution in [0, 0.1) is 0 Å². The van der Waals surface area contributed by atoms with E-state index in [0.29, 0.717) is 5.92 Å². The maximum Gasteiger partial charge on any atom is 0.119 e. The van der Waals surface area contributed by atoms with E-state index >= 15 is 0 Å². The number of nitrogens with one attached hydrogen (secondary N) is 1. The van der Waals surface area contributed by atoms with Crippen LogP contribution in [-0.2, 0) is 0 Å². The summed E-state index contributed by atoms with van der Waals surface area (Å²) in [6.07, 6.45) is 4.84. The molecule has 0 bridgehead atoms. The van der Waals surface area contributed by atoms with Gasteiger partial charge in [-0.25, -0.2) is 0 Å². The van der Waals surface area contributed by atoms with Crippen molar-refractivity contribution in [3.8, 4) is 5.75 Å². The zero-order valence-corrected chi connectivity index (χ0v) is 10.3. The van der Waals surface area contributed by atoms with Crippen molar-refractivity contribution >= 4 is 16.6 Å². The summed E-state index contributed by atoms with van der Waals surface area (Å²) in [6, 6.07) is 6.06. The maximum atomic E-state index is 8.84. The molecule has 1 atom stereocenters. The fraction of sp³-hybridized carbons (Fsp3) is 0.357. The third kappa shape index (κ3) is 1.74. The summed E-state index contributed by atoms with van der Waals surface area (Å²) in [4.78, 5) is 3.29. The monoisotopic (exact) mass is 244 g/mol. The number of ether oxygens (including phenoxy) is 1. The van der Waals surface area contributed by atoms with Crippen LogP contribution in [0.25, 0.3) is 10.9 Å². The molecule has 4 nitrogen and oxygen atoms in total. The van der Waals surface area contributed by atoms with Gasteiger partial charge in [-0.05, 0) is 48.9 Å². The Morgan fingerprint density at radius 3 is 3.06 bits per heavy atom. The van der Waals surface area contributed by atoms with Gasteiger partial charge < -0.3 is 14.9 Å². The molecule has 1 fully saturated rings. The van der Waals surface area contributed by atoms with Gasteiger partial charge >= 0.3 is 0 Å². The third-order valence-corrected chi connectivity index (χ3v) is 3.77. The topological polar surface area (TPSA) is 57.6 Å². The smallest absolute Gasteiger partial charge is 0.119 e. The molecule has 0 saturated heterocycles. The van der Waals surface area contributed by atoms with Gasteiger partial charge in [-0.1, -0.05) is 5.16 Å². The van der Waals surface area contributed by atoms with E-state index in [9.17, 15) is 0 Å². The minimum absolute atomic E-state index is 0.441. The van der Waals surface area contributed by atoms with Gasteiger partial charge in [0, 0.05) is 17.1 Å². The zero-order valence-electron chi connectivity index (χ0n) is 10.3. The Labute approximate surface area is 105 Å². The zero-order chi connectivity index (χ0) is 12.5. The van der Waals surface area contributed by atoms with Crippen LogP contribution < -0.4 is 4.74 Å². The minimum Gasteiger partial charge on any atom is -0.497 e. The van der Waals surface area contributed by atoms with Crippen LogP contribution in [0.4, 0.5) is 0 Å². The van der Waals surface area contributed by atoms with Crippen molar-refractivity contribution in [3.63, 3.8) is 0 Å². The highest BCUT2D eigenvalue weighted by atomic mass is 16.5. The second-order valence-electron chi connectivity index (χ2n) is 4.76. The largest absolute Gasteiger partial charge is 0.497 e. The Bertz CT molecular complexity index is 601. The van der Waals surface area contributed by atoms with Crippen molar-refractivity contribution in [2.75, 3.05) is 7.11 Å². The molecular weight excluding hydrogens is 228 g/mol. The Morgan fingerprint density at radius 1 is 1.44 bits per heavy atom. The minimum atomic E-state index is 0.441. The molecular formula is C14H16N2O2. The van der Waals surface area contributed by atoms with E-state index in [2.05, 4.69) is 22.4 Å². The maximum absolute atomic E-state index is 8.84. The van der Waals surface area contributed by atoms with Crippen molar-refractivity contribution < 1.29 is 9.94 Å². The molecule has 1 aromatic carbocycles. The molecule has 1 aliphatic rings. The van der Waals surface area contributed by atoms with E-state index in [-0.39, 0.29) is 0 Å². The summed E-state index contributed by atoms with van der Waals surface area (Å²) >= 11 is 0. The fourth-order valence-corrected chi connectivity index (χ4v) is 2.77. The molecule has 1 aliphatic carbocycles. The number of hydrogen-bond donors (Lipinski definition) is 2. The van der Waals surface area contributed by atoms with Gasteiger partial charge in [0.2, 0.25) is 0 Å². The van der Waals surface area contributed by atoms with Crippen LogP contribution in [0.1, 0.15) is 30.7 Å². The summed E-state index contributed by atoms with van der Waals surface area (Å²) in [7, 11) is 1.68. The molecule has 1 aromatic heterocycles. The van der Waals surface area contributed by atoms with Crippen LogP contribution in [-0.4, -0.2) is 23.0 Å². The van der Waals surface area contributed by atoms with E-state index in [0.717, 1.165) is 36.2 Å². The van der Waals surface area contributed by atoms with Crippen molar-refractivity contribution in [2.45, 2.75) is 25.2 Å². The van der Waals surface area contributed by atoms with Gasteiger partial charge in [0.25, 0.3) is 0 Å². The van der Waals surface area contributed by atoms with Crippen molar-refractivity contribution in [1.82, 2.24) is 4.98 Å². The molecule has 2 aromatic rings. The first-order valence-electron chi connectivity index (χ1n) is 6.16. The van der Waals surface area contributed by atoms with Crippen molar-refractivity contribution in [3.05, 3.63) is 30.0 Å². The van der Waals surface area contributed by atoms with E-state index in [1.165, 1.54) is 10.9 Å². The molecule has 94 valence electrons. The average Bonchev–Trinajstić information content (AvgIpc) is 3.03. The summed E-state index contributed by atoms with van der Waals surface area (Å²) in [6.45, 7) is 0. The number of H-pyrrole nitrogens is 1. The van der Waals surface area contributed by atoms with Gasteiger partial charge in [-0.15, -0.1) is 0 Å². The first-order chi connectivity index (χ1) is 8.81. The Hall–Kier alpha value is -1.97. The molecule has 0 radical (unpaired) electrons. The Morgan fingerprint density at radius 2 is 2.33 bits per heavy atom. The summed E-state index contributed by atoms with van der Waals surface area (Å²) in [5, 5.41) is 13.4. The van der Waals surface area contributed by atoms with Crippen LogP contribution in [0.2, 0.25) is 0 Å². The SMILES string of the molecule is COc1ccc2[nH]cc(C3CC/C(=N\O)C3)c2c1. The molecule has 0 amide bonds. The third-order valence-electron chi connectivity index (χ3n) is 3.77. The number of aromatic nitrogens is 1. The predicted molar refractivity (Wildman–Crippen MR) is 70.7 cm³/mol. The average molecular weight is 244 g/mol. The summed E-state index contributed by atoms with van der Waals surface area (Å²) in [5.41, 5.74) is 3.32. The van der Waals surface area contributed by atoms with E-state index in [4.69, 9.17) is 9.94 Å². The number of hydrogen-bond acceptors (Lipinski definition) is 3. The van der Waals surface area contributed by atoms with Crippen LogP contribution in [0.3, 0.4) is 0 Å². The van der Waals surface area contributed by atoms with E-state index < -0.39 is 0 Å². The number of aromatic amines is 1. The lowest BCUT2D eigenvalue weighted by Gasteiger charge is -2.07. The number of fused-ring (bicyclic) bond motifs is 1. The molecule has 0 spiro atoms. The quantitative estimate of drug-likeness (QED) is 0.629. The van der Waals surface area contributed by atoms with Gasteiger partial charge in [0.1, 0.15) is 5.75 Å². The van der Waals surface area contributed by atoms with Gasteiger partial charge in [-0.3, -0.25) is 0 Å². The Balaban J connectivity index is 2.01. The van der Waals surface area contributed by atoms with E-state index in [1.807, 2.05) is 12.1 Å². The highest BCUT2D eigenvalue weighted by Gasteiger charge is 2.24. The number of nitrogens with zero attached hydrogens (tertiary/aromatic N) is 1. The van der Waals surface area contributed by atoms with Gasteiger partial charge in [0.15, 0.2) is 0 Å². The van der Waals surface area contributed by atoms with Crippen LogP contribution >= 0.6 is 0 Å². The second-order valence-corrected chi connectivity index (χ2v) is 4.76. The van der Waals surface area contributed by atoms with Gasteiger partial charge in [-0.2, -0.15) is 0 Å². The van der Waals surface area contributed by atoms with E-state index in [1.54, 1.807) is 7.11 Å². The lowest BCUT2D eigenvalue weighted by atomic mass is 9.97. The molecule has 1 saturated carbocycles. The molecule has 0 aliphatic heterocycles. The predicted octanol–water partition coefficient (Wildman–Crippen LogP) is 3.27. The van der Waals surface area contributed by atoms with Crippen LogP contribution in [0.5, 0.6) is 5.75 Å². The number of methoxy groups -OCH3 is 1. The summed E-state index contributed by atoms with van der Waals surface area (Å²) < 4.78 is 5.27. The molecule has 4 heteroatoms. The number of rotatable bonds is 2.